The summed E-state index contributed by atoms with van der Waals surface area (Å²) >= 11 is 0. The number of carbonyl (C=O) groups excluding carboxylic acids is 1. The molecule has 0 spiro atoms. The van der Waals surface area contributed by atoms with Gasteiger partial charge in [-0.05, 0) is 24.6 Å². The van der Waals surface area contributed by atoms with Crippen LogP contribution in [-0.4, -0.2) is 34.7 Å². The second kappa shape index (κ2) is 7.13. The highest BCUT2D eigenvalue weighted by atomic mass is 16.6. The number of benzene rings is 1. The summed E-state index contributed by atoms with van der Waals surface area (Å²) in [4.78, 5) is 32.4. The van der Waals surface area contributed by atoms with Crippen LogP contribution in [0.3, 0.4) is 0 Å². The molecule has 0 aromatic heterocycles. The van der Waals surface area contributed by atoms with Gasteiger partial charge in [-0.1, -0.05) is 13.3 Å². The molecule has 108 valence electrons. The van der Waals surface area contributed by atoms with Gasteiger partial charge in [0.15, 0.2) is 0 Å². The quantitative estimate of drug-likeness (QED) is 0.352. The lowest BCUT2D eigenvalue weighted by atomic mass is 10.2. The fourth-order valence-electron chi connectivity index (χ4n) is 1.33. The Morgan fingerprint density at radius 1 is 1.20 bits per heavy atom. The molecule has 0 aliphatic heterocycles. The Balaban J connectivity index is 2.93. The Morgan fingerprint density at radius 2 is 1.90 bits per heavy atom. The van der Waals surface area contributed by atoms with Crippen molar-refractivity contribution >= 4 is 17.9 Å². The van der Waals surface area contributed by atoms with Gasteiger partial charge in [0.2, 0.25) is 0 Å². The lowest BCUT2D eigenvalue weighted by molar-refractivity contribution is -0.158. The van der Waals surface area contributed by atoms with Crippen LogP contribution in [0, 0.1) is 0 Å². The summed E-state index contributed by atoms with van der Waals surface area (Å²) in [6, 6.07) is 3.78. The van der Waals surface area contributed by atoms with E-state index in [2.05, 4.69) is 4.74 Å². The van der Waals surface area contributed by atoms with Crippen molar-refractivity contribution in [1.82, 2.24) is 0 Å². The van der Waals surface area contributed by atoms with Gasteiger partial charge in [0, 0.05) is 0 Å². The normalized spacial score (nSPS) is 9.85. The summed E-state index contributed by atoms with van der Waals surface area (Å²) in [5.74, 6) is -4.73. The average Bonchev–Trinajstić information content (AvgIpc) is 2.40. The van der Waals surface area contributed by atoms with E-state index in [1.807, 2.05) is 6.92 Å². The molecule has 1 aromatic rings. The number of hydrogen-bond acceptors (Lipinski definition) is 5. The zero-order chi connectivity index (χ0) is 15.1. The summed E-state index contributed by atoms with van der Waals surface area (Å²) in [7, 11) is 0. The van der Waals surface area contributed by atoms with Crippen LogP contribution in [0.4, 0.5) is 0 Å². The first-order valence-electron chi connectivity index (χ1n) is 5.91. The van der Waals surface area contributed by atoms with Gasteiger partial charge in [-0.15, -0.1) is 0 Å². The molecule has 1 rings (SSSR count). The van der Waals surface area contributed by atoms with E-state index in [4.69, 9.17) is 14.9 Å². The molecule has 0 heterocycles. The monoisotopic (exact) mass is 282 g/mol. The largest absolute Gasteiger partial charge is 0.494 e. The molecule has 0 atom stereocenters. The summed E-state index contributed by atoms with van der Waals surface area (Å²) in [5, 5.41) is 17.4. The second-order valence-corrected chi connectivity index (χ2v) is 3.86. The Bertz CT molecular complexity index is 521. The molecular formula is C13H14O7. The van der Waals surface area contributed by atoms with E-state index in [0.29, 0.717) is 12.4 Å². The first kappa shape index (κ1) is 15.5. The molecular weight excluding hydrogens is 268 g/mol. The van der Waals surface area contributed by atoms with Gasteiger partial charge in [0.05, 0.1) is 6.61 Å². The molecule has 0 amide bonds. The predicted molar refractivity (Wildman–Crippen MR) is 67.1 cm³/mol. The number of carboxylic acid groups (broad SMARTS) is 2. The minimum absolute atomic E-state index is 0.311. The maximum absolute atomic E-state index is 11.1. The number of carbonyl (C=O) groups is 3. The van der Waals surface area contributed by atoms with E-state index >= 15 is 0 Å². The van der Waals surface area contributed by atoms with Gasteiger partial charge in [-0.25, -0.2) is 14.4 Å². The number of aliphatic carboxylic acids is 1. The lowest BCUT2D eigenvalue weighted by Gasteiger charge is -2.09. The molecule has 0 fully saturated rings. The summed E-state index contributed by atoms with van der Waals surface area (Å²) < 4.78 is 9.80. The molecule has 0 saturated carbocycles. The third kappa shape index (κ3) is 4.27. The van der Waals surface area contributed by atoms with Gasteiger partial charge >= 0.3 is 17.9 Å². The van der Waals surface area contributed by atoms with Crippen molar-refractivity contribution in [2.75, 3.05) is 6.61 Å². The van der Waals surface area contributed by atoms with Crippen molar-refractivity contribution in [3.63, 3.8) is 0 Å². The molecule has 7 nitrogen and oxygen atoms in total. The van der Waals surface area contributed by atoms with E-state index < -0.39 is 17.9 Å². The molecule has 0 saturated heterocycles. The van der Waals surface area contributed by atoms with Gasteiger partial charge in [0.25, 0.3) is 0 Å². The first-order valence-corrected chi connectivity index (χ1v) is 5.91. The number of esters is 1. The Morgan fingerprint density at radius 3 is 2.45 bits per heavy atom. The maximum Gasteiger partial charge on any atom is 0.422 e. The highest BCUT2D eigenvalue weighted by molar-refractivity contribution is 6.29. The number of carboxylic acids is 2. The number of rotatable bonds is 6. The Hall–Kier alpha value is -2.57. The van der Waals surface area contributed by atoms with Crippen LogP contribution in [0.25, 0.3) is 0 Å². The van der Waals surface area contributed by atoms with Crippen molar-refractivity contribution in [3.8, 4) is 11.5 Å². The van der Waals surface area contributed by atoms with Crippen molar-refractivity contribution in [1.29, 1.82) is 0 Å². The van der Waals surface area contributed by atoms with Crippen molar-refractivity contribution in [2.24, 2.45) is 0 Å². The molecule has 0 aliphatic carbocycles. The van der Waals surface area contributed by atoms with Crippen LogP contribution < -0.4 is 9.47 Å². The second-order valence-electron chi connectivity index (χ2n) is 3.86. The minimum atomic E-state index is -1.80. The highest BCUT2D eigenvalue weighted by Gasteiger charge is 2.20. The summed E-state index contributed by atoms with van der Waals surface area (Å²) in [6.07, 6.45) is 1.75. The molecule has 0 radical (unpaired) electrons. The Labute approximate surface area is 114 Å². The fraction of sp³-hybridized carbons (Fsp3) is 0.308. The summed E-state index contributed by atoms with van der Waals surface area (Å²) in [6.45, 7) is 2.42. The topological polar surface area (TPSA) is 110 Å². The molecule has 7 heteroatoms. The number of hydrogen-bond donors (Lipinski definition) is 2. The fourth-order valence-corrected chi connectivity index (χ4v) is 1.33. The van der Waals surface area contributed by atoms with Crippen LogP contribution in [0.15, 0.2) is 18.2 Å². The molecule has 0 unspecified atom stereocenters. The standard InChI is InChI=1S/C13H14O7/c1-2-3-6-19-8-4-5-10(9(7-8)11(14)15)20-13(18)12(16)17/h4-5,7H,2-3,6H2,1H3,(H,14,15)(H,16,17). The van der Waals surface area contributed by atoms with E-state index in [0.717, 1.165) is 12.8 Å². The first-order chi connectivity index (χ1) is 9.45. The van der Waals surface area contributed by atoms with Gasteiger partial charge in [0.1, 0.15) is 17.1 Å². The van der Waals surface area contributed by atoms with E-state index in [-0.39, 0.29) is 11.3 Å². The van der Waals surface area contributed by atoms with Gasteiger partial charge < -0.3 is 19.7 Å². The molecule has 20 heavy (non-hydrogen) atoms. The molecule has 0 bridgehead atoms. The van der Waals surface area contributed by atoms with Gasteiger partial charge in [-0.2, -0.15) is 0 Å². The minimum Gasteiger partial charge on any atom is -0.494 e. The SMILES string of the molecule is CCCCOc1ccc(OC(=O)C(=O)O)c(C(=O)O)c1. The van der Waals surface area contributed by atoms with Crippen LogP contribution in [0.1, 0.15) is 30.1 Å². The molecule has 1 aromatic carbocycles. The van der Waals surface area contributed by atoms with Crippen molar-refractivity contribution in [2.45, 2.75) is 19.8 Å². The van der Waals surface area contributed by atoms with Crippen molar-refractivity contribution in [3.05, 3.63) is 23.8 Å². The average molecular weight is 282 g/mol. The van der Waals surface area contributed by atoms with E-state index in [9.17, 15) is 14.4 Å². The van der Waals surface area contributed by atoms with Crippen LogP contribution in [-0.2, 0) is 9.59 Å². The predicted octanol–water partition coefficient (Wildman–Crippen LogP) is 1.55. The zero-order valence-electron chi connectivity index (χ0n) is 10.8. The maximum atomic E-state index is 11.1. The van der Waals surface area contributed by atoms with Gasteiger partial charge in [-0.3, -0.25) is 0 Å². The lowest BCUT2D eigenvalue weighted by Crippen LogP contribution is -2.20. The van der Waals surface area contributed by atoms with Crippen LogP contribution in [0.5, 0.6) is 11.5 Å². The Kier molecular flexibility index (Phi) is 5.52. The number of aromatic carboxylic acids is 1. The smallest absolute Gasteiger partial charge is 0.422 e. The third-order valence-corrected chi connectivity index (χ3v) is 2.33. The van der Waals surface area contributed by atoms with Crippen molar-refractivity contribution < 1.29 is 34.1 Å². The van der Waals surface area contributed by atoms with Crippen LogP contribution in [0.2, 0.25) is 0 Å². The van der Waals surface area contributed by atoms with E-state index in [1.165, 1.54) is 18.2 Å². The zero-order valence-corrected chi connectivity index (χ0v) is 10.8. The number of unbranched alkanes of at least 4 members (excludes halogenated alkanes) is 1. The molecule has 2 N–H and O–H groups in total. The highest BCUT2D eigenvalue weighted by Crippen LogP contribution is 2.24. The summed E-state index contributed by atoms with van der Waals surface area (Å²) in [5.41, 5.74) is -0.339. The van der Waals surface area contributed by atoms with Crippen LogP contribution >= 0.6 is 0 Å². The van der Waals surface area contributed by atoms with E-state index in [1.54, 1.807) is 0 Å². The molecule has 0 aliphatic rings. The number of ether oxygens (including phenoxy) is 2. The third-order valence-electron chi connectivity index (χ3n) is 2.33.